The summed E-state index contributed by atoms with van der Waals surface area (Å²) in [6.45, 7) is 0.594. The van der Waals surface area contributed by atoms with Crippen molar-refractivity contribution in [1.29, 1.82) is 0 Å². The molecule has 0 N–H and O–H groups in total. The highest BCUT2D eigenvalue weighted by Gasteiger charge is 2.58. The van der Waals surface area contributed by atoms with Crippen LogP contribution in [0.1, 0.15) is 55.7 Å². The molecule has 1 unspecified atom stereocenters. The molecule has 2 aliphatic heterocycles. The molecule has 2 atom stereocenters. The lowest BCUT2D eigenvalue weighted by Crippen LogP contribution is -2.45. The fourth-order valence-corrected chi connectivity index (χ4v) is 5.00. The molecular formula is C23H25FN2O3. The Labute approximate surface area is 169 Å². The number of carbonyl (C=O) groups excluding carboxylic acids is 1. The fraction of sp³-hybridized carbons (Fsp3) is 0.478. The highest BCUT2D eigenvalue weighted by atomic mass is 19.1. The monoisotopic (exact) mass is 396 g/mol. The van der Waals surface area contributed by atoms with Crippen LogP contribution < -0.4 is 0 Å². The Bertz CT molecular complexity index is 883. The molecule has 5 rings (SSSR count). The molecule has 29 heavy (non-hydrogen) atoms. The third-order valence-electron chi connectivity index (χ3n) is 6.50. The molecule has 2 aromatic rings. The number of rotatable bonds is 4. The van der Waals surface area contributed by atoms with Gasteiger partial charge in [-0.25, -0.2) is 4.39 Å². The minimum atomic E-state index is -0.739. The van der Waals surface area contributed by atoms with E-state index < -0.39 is 5.60 Å². The number of nitrogens with zero attached hydrogens (tertiary/aromatic N) is 2. The molecule has 3 fully saturated rings. The van der Waals surface area contributed by atoms with E-state index in [-0.39, 0.29) is 30.1 Å². The van der Waals surface area contributed by atoms with Gasteiger partial charge in [0.1, 0.15) is 17.6 Å². The van der Waals surface area contributed by atoms with Gasteiger partial charge in [0, 0.05) is 6.20 Å². The molecule has 1 aliphatic carbocycles. The van der Waals surface area contributed by atoms with Crippen LogP contribution in [0.4, 0.5) is 4.39 Å². The number of amides is 1. The summed E-state index contributed by atoms with van der Waals surface area (Å²) in [4.78, 5) is 19.2. The minimum Gasteiger partial charge on any atom is -0.374 e. The first-order valence-corrected chi connectivity index (χ1v) is 10.4. The van der Waals surface area contributed by atoms with E-state index in [2.05, 4.69) is 17.1 Å². The number of halogens is 1. The smallest absolute Gasteiger partial charge is 0.257 e. The average Bonchev–Trinajstić information content (AvgIpc) is 3.27. The topological polar surface area (TPSA) is 51.7 Å². The highest BCUT2D eigenvalue weighted by molar-refractivity contribution is 5.88. The standard InChI is InChI=1S/C23H25FN2O3/c24-18-12-17(13-25-14-18)20-6-7-21-26(20)22(27)23(29-21)10-8-19(9-11-23)28-15-16-4-2-1-3-5-16/h1-5,12-14,19-21H,6-11,15H2/t19?,20-,21?,23?/m0/s1. The summed E-state index contributed by atoms with van der Waals surface area (Å²) in [6, 6.07) is 11.5. The van der Waals surface area contributed by atoms with Crippen molar-refractivity contribution in [3.8, 4) is 0 Å². The number of fused-ring (bicyclic) bond motifs is 1. The Balaban J connectivity index is 1.23. The van der Waals surface area contributed by atoms with Crippen LogP contribution in [-0.4, -0.2) is 33.7 Å². The van der Waals surface area contributed by atoms with Crippen molar-refractivity contribution in [2.75, 3.05) is 0 Å². The molecule has 0 radical (unpaired) electrons. The fourth-order valence-electron chi connectivity index (χ4n) is 5.00. The molecule has 1 aromatic carbocycles. The van der Waals surface area contributed by atoms with E-state index in [4.69, 9.17) is 9.47 Å². The maximum Gasteiger partial charge on any atom is 0.257 e. The number of carbonyl (C=O) groups is 1. The molecule has 1 amide bonds. The summed E-state index contributed by atoms with van der Waals surface area (Å²) < 4.78 is 26.0. The molecule has 1 aromatic heterocycles. The van der Waals surface area contributed by atoms with E-state index in [9.17, 15) is 9.18 Å². The van der Waals surface area contributed by atoms with Crippen molar-refractivity contribution in [2.45, 2.75) is 69.1 Å². The van der Waals surface area contributed by atoms with Gasteiger partial charge < -0.3 is 14.4 Å². The Morgan fingerprint density at radius 2 is 1.93 bits per heavy atom. The molecule has 3 heterocycles. The molecular weight excluding hydrogens is 371 g/mol. The first kappa shape index (κ1) is 18.7. The van der Waals surface area contributed by atoms with Crippen LogP contribution in [-0.2, 0) is 20.9 Å². The van der Waals surface area contributed by atoms with E-state index in [0.29, 0.717) is 19.4 Å². The van der Waals surface area contributed by atoms with Crippen molar-refractivity contribution in [3.05, 3.63) is 65.7 Å². The zero-order chi connectivity index (χ0) is 19.8. The van der Waals surface area contributed by atoms with Crippen molar-refractivity contribution in [1.82, 2.24) is 9.88 Å². The SMILES string of the molecule is O=C1N2C(CC[C@H]2c2cncc(F)c2)OC12CCC(OCc1ccccc1)CC2. The summed E-state index contributed by atoms with van der Waals surface area (Å²) in [5, 5.41) is 0. The van der Waals surface area contributed by atoms with Gasteiger partial charge in [0.15, 0.2) is 0 Å². The Kier molecular flexibility index (Phi) is 4.84. The zero-order valence-electron chi connectivity index (χ0n) is 16.3. The number of benzene rings is 1. The van der Waals surface area contributed by atoms with Gasteiger partial charge in [-0.05, 0) is 55.7 Å². The first-order chi connectivity index (χ1) is 14.1. The maximum absolute atomic E-state index is 13.6. The highest BCUT2D eigenvalue weighted by Crippen LogP contribution is 2.49. The van der Waals surface area contributed by atoms with Gasteiger partial charge in [0.2, 0.25) is 0 Å². The quantitative estimate of drug-likeness (QED) is 0.780. The Morgan fingerprint density at radius 3 is 2.69 bits per heavy atom. The third-order valence-corrected chi connectivity index (χ3v) is 6.50. The maximum atomic E-state index is 13.6. The van der Waals surface area contributed by atoms with Crippen molar-refractivity contribution < 1.29 is 18.7 Å². The molecule has 152 valence electrons. The number of hydrogen-bond donors (Lipinski definition) is 0. The summed E-state index contributed by atoms with van der Waals surface area (Å²) >= 11 is 0. The second kappa shape index (κ2) is 7.50. The molecule has 1 saturated carbocycles. The van der Waals surface area contributed by atoms with Gasteiger partial charge >= 0.3 is 0 Å². The van der Waals surface area contributed by atoms with Crippen LogP contribution in [0.15, 0.2) is 48.8 Å². The van der Waals surface area contributed by atoms with Crippen LogP contribution >= 0.6 is 0 Å². The lowest BCUT2D eigenvalue weighted by atomic mass is 9.82. The van der Waals surface area contributed by atoms with Gasteiger partial charge in [-0.3, -0.25) is 9.78 Å². The van der Waals surface area contributed by atoms with Gasteiger partial charge in [-0.1, -0.05) is 30.3 Å². The summed E-state index contributed by atoms with van der Waals surface area (Å²) in [5.41, 5.74) is 1.17. The molecule has 0 bridgehead atoms. The number of hydrogen-bond acceptors (Lipinski definition) is 4. The Hall–Kier alpha value is -2.31. The summed E-state index contributed by atoms with van der Waals surface area (Å²) in [5.74, 6) is -0.319. The van der Waals surface area contributed by atoms with Crippen molar-refractivity contribution >= 4 is 5.91 Å². The normalized spacial score (nSPS) is 31.4. The second-order valence-electron chi connectivity index (χ2n) is 8.30. The molecule has 1 spiro atoms. The van der Waals surface area contributed by atoms with Crippen LogP contribution in [0, 0.1) is 5.82 Å². The van der Waals surface area contributed by atoms with Crippen molar-refractivity contribution in [3.63, 3.8) is 0 Å². The molecule has 3 aliphatic rings. The summed E-state index contributed by atoms with van der Waals surface area (Å²) in [6.07, 6.45) is 7.31. The predicted octanol–water partition coefficient (Wildman–Crippen LogP) is 4.14. The molecule has 6 heteroatoms. The predicted molar refractivity (Wildman–Crippen MR) is 104 cm³/mol. The molecule has 2 saturated heterocycles. The van der Waals surface area contributed by atoms with Crippen LogP contribution in [0.2, 0.25) is 0 Å². The van der Waals surface area contributed by atoms with E-state index in [1.54, 1.807) is 6.20 Å². The van der Waals surface area contributed by atoms with Crippen LogP contribution in [0.25, 0.3) is 0 Å². The molecule has 5 nitrogen and oxygen atoms in total. The van der Waals surface area contributed by atoms with Gasteiger partial charge in [0.05, 0.1) is 24.9 Å². The summed E-state index contributed by atoms with van der Waals surface area (Å²) in [7, 11) is 0. The first-order valence-electron chi connectivity index (χ1n) is 10.4. The largest absolute Gasteiger partial charge is 0.374 e. The second-order valence-corrected chi connectivity index (χ2v) is 8.30. The van der Waals surface area contributed by atoms with E-state index in [1.165, 1.54) is 12.3 Å². The van der Waals surface area contributed by atoms with Gasteiger partial charge in [0.25, 0.3) is 5.91 Å². The lowest BCUT2D eigenvalue weighted by molar-refractivity contribution is -0.145. The third kappa shape index (κ3) is 3.45. The number of aromatic nitrogens is 1. The van der Waals surface area contributed by atoms with Gasteiger partial charge in [-0.2, -0.15) is 0 Å². The van der Waals surface area contributed by atoms with Crippen molar-refractivity contribution in [2.24, 2.45) is 0 Å². The number of pyridine rings is 1. The van der Waals surface area contributed by atoms with E-state index >= 15 is 0 Å². The van der Waals surface area contributed by atoms with Crippen LogP contribution in [0.3, 0.4) is 0 Å². The van der Waals surface area contributed by atoms with E-state index in [0.717, 1.165) is 36.8 Å². The zero-order valence-corrected chi connectivity index (χ0v) is 16.3. The lowest BCUT2D eigenvalue weighted by Gasteiger charge is -2.35. The van der Waals surface area contributed by atoms with Crippen LogP contribution in [0.5, 0.6) is 0 Å². The Morgan fingerprint density at radius 1 is 1.14 bits per heavy atom. The van der Waals surface area contributed by atoms with Gasteiger partial charge in [-0.15, -0.1) is 0 Å². The van der Waals surface area contributed by atoms with E-state index in [1.807, 2.05) is 23.1 Å². The number of ether oxygens (including phenoxy) is 2. The minimum absolute atomic E-state index is 0.0516. The average molecular weight is 396 g/mol.